The largest absolute Gasteiger partial charge is 0.356 e. The zero-order valence-corrected chi connectivity index (χ0v) is 18.7. The molecule has 148 valence electrons. The van der Waals surface area contributed by atoms with Crippen molar-refractivity contribution in [1.82, 2.24) is 25.4 Å². The third kappa shape index (κ3) is 4.45. The van der Waals surface area contributed by atoms with Gasteiger partial charge in [-0.15, -0.1) is 24.0 Å². The summed E-state index contributed by atoms with van der Waals surface area (Å²) >= 11 is 0. The lowest BCUT2D eigenvalue weighted by Gasteiger charge is -2.25. The van der Waals surface area contributed by atoms with E-state index in [-0.39, 0.29) is 30.0 Å². The standard InChI is InChI=1S/C21H26N6.HI/c1-15-24-20-19(11-6-14-27(20)26-15)25-21(22-2)23-13-12-17-9-5-8-16-7-3-4-10-18(16)17;/h3-5,7-10,19H,6,11-14H2,1-2H3,(H2,22,23,25);1H. The maximum Gasteiger partial charge on any atom is 0.191 e. The molecule has 2 aromatic carbocycles. The summed E-state index contributed by atoms with van der Waals surface area (Å²) in [6.07, 6.45) is 3.09. The molecular weight excluding hydrogens is 463 g/mol. The predicted molar refractivity (Wildman–Crippen MR) is 124 cm³/mol. The van der Waals surface area contributed by atoms with Gasteiger partial charge in [-0.25, -0.2) is 9.67 Å². The molecule has 0 aliphatic carbocycles. The second-order valence-electron chi connectivity index (χ2n) is 6.97. The molecule has 3 aromatic rings. The molecule has 1 aliphatic rings. The Morgan fingerprint density at radius 3 is 2.89 bits per heavy atom. The van der Waals surface area contributed by atoms with Crippen LogP contribution in [0.2, 0.25) is 0 Å². The fourth-order valence-electron chi connectivity index (χ4n) is 3.79. The van der Waals surface area contributed by atoms with Crippen molar-refractivity contribution in [2.45, 2.75) is 38.8 Å². The predicted octanol–water partition coefficient (Wildman–Crippen LogP) is 3.60. The number of guanidine groups is 1. The second kappa shape index (κ2) is 9.36. The van der Waals surface area contributed by atoms with Crippen LogP contribution in [-0.4, -0.2) is 34.3 Å². The highest BCUT2D eigenvalue weighted by Gasteiger charge is 2.24. The lowest BCUT2D eigenvalue weighted by Crippen LogP contribution is -2.42. The summed E-state index contributed by atoms with van der Waals surface area (Å²) < 4.78 is 2.01. The van der Waals surface area contributed by atoms with Crippen LogP contribution < -0.4 is 10.6 Å². The first-order chi connectivity index (χ1) is 13.2. The van der Waals surface area contributed by atoms with Gasteiger partial charge >= 0.3 is 0 Å². The quantitative estimate of drug-likeness (QED) is 0.333. The highest BCUT2D eigenvalue weighted by Crippen LogP contribution is 2.23. The van der Waals surface area contributed by atoms with Crippen molar-refractivity contribution in [3.05, 3.63) is 59.7 Å². The molecule has 1 unspecified atom stereocenters. The first-order valence-electron chi connectivity index (χ1n) is 9.60. The molecule has 2 heterocycles. The Morgan fingerprint density at radius 1 is 1.21 bits per heavy atom. The molecule has 4 rings (SSSR count). The van der Waals surface area contributed by atoms with Gasteiger partial charge in [-0.2, -0.15) is 5.10 Å². The van der Waals surface area contributed by atoms with E-state index in [0.717, 1.165) is 50.0 Å². The van der Waals surface area contributed by atoms with Gasteiger partial charge in [-0.3, -0.25) is 4.99 Å². The number of aromatic nitrogens is 3. The molecule has 0 spiro atoms. The first-order valence-corrected chi connectivity index (χ1v) is 9.60. The average Bonchev–Trinajstić information content (AvgIpc) is 3.08. The van der Waals surface area contributed by atoms with Crippen LogP contribution in [0.25, 0.3) is 10.8 Å². The first kappa shape index (κ1) is 20.6. The minimum absolute atomic E-state index is 0. The fraction of sp³-hybridized carbons (Fsp3) is 0.381. The summed E-state index contributed by atoms with van der Waals surface area (Å²) in [5.74, 6) is 2.66. The van der Waals surface area contributed by atoms with Crippen molar-refractivity contribution in [1.29, 1.82) is 0 Å². The summed E-state index contributed by atoms with van der Waals surface area (Å²) in [4.78, 5) is 8.98. The molecule has 1 aliphatic heterocycles. The van der Waals surface area contributed by atoms with Gasteiger partial charge in [0.2, 0.25) is 0 Å². The summed E-state index contributed by atoms with van der Waals surface area (Å²) in [6.45, 7) is 3.72. The van der Waals surface area contributed by atoms with Crippen LogP contribution in [0, 0.1) is 6.92 Å². The number of halogens is 1. The van der Waals surface area contributed by atoms with Crippen LogP contribution >= 0.6 is 24.0 Å². The van der Waals surface area contributed by atoms with E-state index in [4.69, 9.17) is 0 Å². The summed E-state index contributed by atoms with van der Waals surface area (Å²) in [5.41, 5.74) is 1.35. The normalized spacial score (nSPS) is 16.4. The van der Waals surface area contributed by atoms with Gasteiger partial charge in [-0.05, 0) is 42.5 Å². The van der Waals surface area contributed by atoms with Crippen molar-refractivity contribution in [2.75, 3.05) is 13.6 Å². The number of hydrogen-bond acceptors (Lipinski definition) is 3. The van der Waals surface area contributed by atoms with E-state index >= 15 is 0 Å². The second-order valence-corrected chi connectivity index (χ2v) is 6.97. The van der Waals surface area contributed by atoms with Crippen LogP contribution in [-0.2, 0) is 13.0 Å². The van der Waals surface area contributed by atoms with Gasteiger partial charge in [-0.1, -0.05) is 42.5 Å². The molecular formula is C21H27IN6. The molecule has 28 heavy (non-hydrogen) atoms. The highest BCUT2D eigenvalue weighted by molar-refractivity contribution is 14.0. The maximum absolute atomic E-state index is 4.59. The Labute approximate surface area is 182 Å². The molecule has 0 bridgehead atoms. The molecule has 7 heteroatoms. The number of nitrogens with zero attached hydrogens (tertiary/aromatic N) is 4. The van der Waals surface area contributed by atoms with Gasteiger partial charge in [0.25, 0.3) is 0 Å². The summed E-state index contributed by atoms with van der Waals surface area (Å²) in [5, 5.41) is 14.0. The zero-order chi connectivity index (χ0) is 18.6. The molecule has 0 amide bonds. The minimum Gasteiger partial charge on any atom is -0.356 e. The monoisotopic (exact) mass is 490 g/mol. The molecule has 0 saturated carbocycles. The number of fused-ring (bicyclic) bond motifs is 2. The zero-order valence-electron chi connectivity index (χ0n) is 16.4. The van der Waals surface area contributed by atoms with E-state index < -0.39 is 0 Å². The van der Waals surface area contributed by atoms with E-state index in [9.17, 15) is 0 Å². The Bertz CT molecular complexity index is 959. The molecule has 0 fully saturated rings. The van der Waals surface area contributed by atoms with Gasteiger partial charge in [0.15, 0.2) is 5.96 Å². The minimum atomic E-state index is 0. The van der Waals surface area contributed by atoms with Crippen LogP contribution in [0.5, 0.6) is 0 Å². The lowest BCUT2D eigenvalue weighted by molar-refractivity contribution is 0.398. The van der Waals surface area contributed by atoms with Crippen LogP contribution in [0.1, 0.15) is 36.1 Å². The van der Waals surface area contributed by atoms with Crippen molar-refractivity contribution >= 4 is 40.7 Å². The molecule has 1 atom stereocenters. The molecule has 1 aromatic heterocycles. The van der Waals surface area contributed by atoms with E-state index in [1.807, 2.05) is 18.7 Å². The van der Waals surface area contributed by atoms with Crippen molar-refractivity contribution in [3.8, 4) is 0 Å². The van der Waals surface area contributed by atoms with Crippen molar-refractivity contribution in [2.24, 2.45) is 4.99 Å². The number of hydrogen-bond donors (Lipinski definition) is 2. The number of aliphatic imine (C=N–C) groups is 1. The lowest BCUT2D eigenvalue weighted by atomic mass is 10.0. The maximum atomic E-state index is 4.59. The number of nitrogens with one attached hydrogen (secondary N) is 2. The fourth-order valence-corrected chi connectivity index (χ4v) is 3.79. The highest BCUT2D eigenvalue weighted by atomic mass is 127. The summed E-state index contributed by atoms with van der Waals surface area (Å²) in [7, 11) is 1.81. The van der Waals surface area contributed by atoms with Crippen LogP contribution in [0.3, 0.4) is 0 Å². The third-order valence-electron chi connectivity index (χ3n) is 5.08. The van der Waals surface area contributed by atoms with E-state index in [1.54, 1.807) is 0 Å². The van der Waals surface area contributed by atoms with Crippen molar-refractivity contribution < 1.29 is 0 Å². The molecule has 6 nitrogen and oxygen atoms in total. The number of benzene rings is 2. The van der Waals surface area contributed by atoms with E-state index in [1.165, 1.54) is 16.3 Å². The molecule has 0 radical (unpaired) electrons. The Morgan fingerprint density at radius 2 is 2.04 bits per heavy atom. The topological polar surface area (TPSA) is 67.1 Å². The van der Waals surface area contributed by atoms with E-state index in [2.05, 4.69) is 68.2 Å². The molecule has 2 N–H and O–H groups in total. The van der Waals surface area contributed by atoms with Gasteiger partial charge in [0.1, 0.15) is 11.6 Å². The average molecular weight is 490 g/mol. The van der Waals surface area contributed by atoms with Gasteiger partial charge < -0.3 is 10.6 Å². The van der Waals surface area contributed by atoms with E-state index in [0.29, 0.717) is 0 Å². The number of rotatable bonds is 4. The van der Waals surface area contributed by atoms with Crippen LogP contribution in [0.4, 0.5) is 0 Å². The Kier molecular flexibility index (Phi) is 6.88. The summed E-state index contributed by atoms with van der Waals surface area (Å²) in [6, 6.07) is 15.2. The number of aryl methyl sites for hydroxylation is 2. The Balaban J connectivity index is 0.00000225. The smallest absolute Gasteiger partial charge is 0.191 e. The third-order valence-corrected chi connectivity index (χ3v) is 5.08. The van der Waals surface area contributed by atoms with Gasteiger partial charge in [0, 0.05) is 20.1 Å². The molecule has 0 saturated heterocycles. The van der Waals surface area contributed by atoms with Crippen LogP contribution in [0.15, 0.2) is 47.5 Å². The van der Waals surface area contributed by atoms with Gasteiger partial charge in [0.05, 0.1) is 6.04 Å². The Hall–Kier alpha value is -2.16. The SMILES string of the molecule is CN=C(NCCc1cccc2ccccc12)NC1CCCn2nc(C)nc21.I. The van der Waals surface area contributed by atoms with Crippen molar-refractivity contribution in [3.63, 3.8) is 0 Å².